The van der Waals surface area contributed by atoms with E-state index in [1.807, 2.05) is 18.2 Å². The van der Waals surface area contributed by atoms with E-state index in [0.717, 1.165) is 26.1 Å². The third-order valence-electron chi connectivity index (χ3n) is 3.52. The average Bonchev–Trinajstić information content (AvgIpc) is 2.93. The second-order valence-electron chi connectivity index (χ2n) is 5.02. The van der Waals surface area contributed by atoms with Crippen molar-refractivity contribution in [2.75, 3.05) is 24.6 Å². The summed E-state index contributed by atoms with van der Waals surface area (Å²) >= 11 is 0. The van der Waals surface area contributed by atoms with Gasteiger partial charge in [-0.15, -0.1) is 0 Å². The molecule has 0 saturated carbocycles. The van der Waals surface area contributed by atoms with E-state index >= 15 is 0 Å². The maximum Gasteiger partial charge on any atom is 0.0923 e. The molecular formula is C15H23N3O. The first-order chi connectivity index (χ1) is 9.25. The van der Waals surface area contributed by atoms with Crippen molar-refractivity contribution in [1.82, 2.24) is 0 Å². The van der Waals surface area contributed by atoms with Gasteiger partial charge in [0.1, 0.15) is 0 Å². The molecule has 3 N–H and O–H groups in total. The fourth-order valence-electron chi connectivity index (χ4n) is 2.44. The Morgan fingerprint density at radius 3 is 2.74 bits per heavy atom. The first-order valence-corrected chi connectivity index (χ1v) is 7.00. The van der Waals surface area contributed by atoms with Crippen LogP contribution in [0.1, 0.15) is 25.7 Å². The lowest BCUT2D eigenvalue weighted by atomic mass is 10.1. The summed E-state index contributed by atoms with van der Waals surface area (Å²) in [5.41, 5.74) is 6.67. The van der Waals surface area contributed by atoms with Gasteiger partial charge in [-0.1, -0.05) is 18.2 Å². The van der Waals surface area contributed by atoms with Gasteiger partial charge in [0.25, 0.3) is 0 Å². The van der Waals surface area contributed by atoms with Gasteiger partial charge in [0.2, 0.25) is 0 Å². The van der Waals surface area contributed by atoms with Crippen molar-refractivity contribution in [2.45, 2.75) is 31.8 Å². The van der Waals surface area contributed by atoms with E-state index in [4.69, 9.17) is 15.9 Å². The summed E-state index contributed by atoms with van der Waals surface area (Å²) in [7, 11) is 0. The molecule has 1 fully saturated rings. The Labute approximate surface area is 115 Å². The van der Waals surface area contributed by atoms with Gasteiger partial charge in [0, 0.05) is 31.8 Å². The van der Waals surface area contributed by atoms with Gasteiger partial charge in [0.15, 0.2) is 0 Å². The van der Waals surface area contributed by atoms with Crippen LogP contribution in [0.2, 0.25) is 0 Å². The summed E-state index contributed by atoms with van der Waals surface area (Å²) in [6.07, 6.45) is 4.43. The molecule has 4 nitrogen and oxygen atoms in total. The zero-order chi connectivity index (χ0) is 13.5. The Bertz CT molecular complexity index is 388. The standard InChI is InChI=1S/C15H23N3O/c16-15(17)9-11-18(13-5-2-1-3-6-13)10-8-14-7-4-12-19-14/h1-3,5-6,14H,4,7-12H2,(H3,16,17). The molecule has 0 radical (unpaired) electrons. The summed E-state index contributed by atoms with van der Waals surface area (Å²) in [6.45, 7) is 2.66. The normalized spacial score (nSPS) is 18.4. The molecule has 19 heavy (non-hydrogen) atoms. The Balaban J connectivity index is 1.91. The topological polar surface area (TPSA) is 62.3 Å². The second-order valence-corrected chi connectivity index (χ2v) is 5.02. The molecule has 1 atom stereocenters. The lowest BCUT2D eigenvalue weighted by Gasteiger charge is -2.26. The number of para-hydroxylation sites is 1. The monoisotopic (exact) mass is 261 g/mol. The van der Waals surface area contributed by atoms with Crippen molar-refractivity contribution in [2.24, 2.45) is 5.73 Å². The van der Waals surface area contributed by atoms with Crippen LogP contribution in [-0.4, -0.2) is 31.6 Å². The smallest absolute Gasteiger partial charge is 0.0923 e. The fraction of sp³-hybridized carbons (Fsp3) is 0.533. The van der Waals surface area contributed by atoms with Crippen molar-refractivity contribution >= 4 is 11.5 Å². The minimum atomic E-state index is 0.248. The number of ether oxygens (including phenoxy) is 1. The predicted octanol–water partition coefficient (Wildman–Crippen LogP) is 2.39. The van der Waals surface area contributed by atoms with E-state index in [2.05, 4.69) is 17.0 Å². The third kappa shape index (κ3) is 4.56. The second kappa shape index (κ2) is 7.14. The van der Waals surface area contributed by atoms with Gasteiger partial charge in [-0.25, -0.2) is 0 Å². The third-order valence-corrected chi connectivity index (χ3v) is 3.52. The van der Waals surface area contributed by atoms with Crippen LogP contribution in [-0.2, 0) is 4.74 Å². The number of hydrogen-bond acceptors (Lipinski definition) is 3. The van der Waals surface area contributed by atoms with E-state index in [9.17, 15) is 0 Å². The van der Waals surface area contributed by atoms with Gasteiger partial charge < -0.3 is 15.4 Å². The van der Waals surface area contributed by atoms with Gasteiger partial charge in [-0.05, 0) is 31.4 Å². The molecule has 0 aromatic heterocycles. The number of hydrogen-bond donors (Lipinski definition) is 2. The van der Waals surface area contributed by atoms with E-state index < -0.39 is 0 Å². The van der Waals surface area contributed by atoms with Crippen LogP contribution in [0, 0.1) is 5.41 Å². The van der Waals surface area contributed by atoms with Crippen LogP contribution in [0.15, 0.2) is 30.3 Å². The predicted molar refractivity (Wildman–Crippen MR) is 78.8 cm³/mol. The van der Waals surface area contributed by atoms with Crippen LogP contribution in [0.25, 0.3) is 0 Å². The molecule has 1 aliphatic rings. The Morgan fingerprint density at radius 2 is 2.11 bits per heavy atom. The van der Waals surface area contributed by atoms with Crippen LogP contribution < -0.4 is 10.6 Å². The van der Waals surface area contributed by atoms with Crippen LogP contribution in [0.4, 0.5) is 5.69 Å². The summed E-state index contributed by atoms with van der Waals surface area (Å²) in [5, 5.41) is 7.38. The molecule has 1 saturated heterocycles. The minimum absolute atomic E-state index is 0.248. The SMILES string of the molecule is N=C(N)CCN(CCC1CCCO1)c1ccccc1. The lowest BCUT2D eigenvalue weighted by Crippen LogP contribution is -2.30. The highest BCUT2D eigenvalue weighted by Crippen LogP contribution is 2.19. The number of nitrogens with zero attached hydrogens (tertiary/aromatic N) is 1. The van der Waals surface area contributed by atoms with Crippen molar-refractivity contribution in [3.63, 3.8) is 0 Å². The molecule has 0 spiro atoms. The van der Waals surface area contributed by atoms with E-state index in [1.54, 1.807) is 0 Å². The zero-order valence-electron chi connectivity index (χ0n) is 11.3. The molecule has 1 unspecified atom stereocenters. The number of nitrogens with two attached hydrogens (primary N) is 1. The molecule has 1 aromatic carbocycles. The van der Waals surface area contributed by atoms with Gasteiger partial charge in [0.05, 0.1) is 11.9 Å². The Kier molecular flexibility index (Phi) is 5.21. The molecule has 2 rings (SSSR count). The largest absolute Gasteiger partial charge is 0.388 e. The van der Waals surface area contributed by atoms with Crippen LogP contribution in [0.5, 0.6) is 0 Å². The number of amidine groups is 1. The lowest BCUT2D eigenvalue weighted by molar-refractivity contribution is 0.106. The quantitative estimate of drug-likeness (QED) is 0.585. The molecule has 1 aliphatic heterocycles. The summed E-state index contributed by atoms with van der Waals surface area (Å²) < 4.78 is 5.67. The highest BCUT2D eigenvalue weighted by atomic mass is 16.5. The maximum absolute atomic E-state index is 7.38. The highest BCUT2D eigenvalue weighted by molar-refractivity contribution is 5.77. The molecule has 0 aliphatic carbocycles. The van der Waals surface area contributed by atoms with Crippen molar-refractivity contribution in [1.29, 1.82) is 5.41 Å². The highest BCUT2D eigenvalue weighted by Gasteiger charge is 2.17. The number of rotatable bonds is 7. The molecule has 1 heterocycles. The molecule has 1 aromatic rings. The summed E-state index contributed by atoms with van der Waals surface area (Å²) in [5.74, 6) is 0.248. The minimum Gasteiger partial charge on any atom is -0.388 e. The molecule has 104 valence electrons. The Morgan fingerprint density at radius 1 is 1.32 bits per heavy atom. The summed E-state index contributed by atoms with van der Waals surface area (Å²) in [6, 6.07) is 10.3. The average molecular weight is 261 g/mol. The van der Waals surface area contributed by atoms with Crippen LogP contribution >= 0.6 is 0 Å². The zero-order valence-corrected chi connectivity index (χ0v) is 11.3. The Hall–Kier alpha value is -1.55. The first-order valence-electron chi connectivity index (χ1n) is 7.00. The molecular weight excluding hydrogens is 238 g/mol. The van der Waals surface area contributed by atoms with Crippen molar-refractivity contribution in [3.05, 3.63) is 30.3 Å². The molecule has 4 heteroatoms. The summed E-state index contributed by atoms with van der Waals surface area (Å²) in [4.78, 5) is 2.29. The van der Waals surface area contributed by atoms with Crippen LogP contribution in [0.3, 0.4) is 0 Å². The van der Waals surface area contributed by atoms with Crippen molar-refractivity contribution in [3.8, 4) is 0 Å². The van der Waals surface area contributed by atoms with E-state index in [-0.39, 0.29) is 5.84 Å². The van der Waals surface area contributed by atoms with Gasteiger partial charge >= 0.3 is 0 Å². The van der Waals surface area contributed by atoms with E-state index in [1.165, 1.54) is 18.5 Å². The maximum atomic E-state index is 7.38. The van der Waals surface area contributed by atoms with Crippen molar-refractivity contribution < 1.29 is 4.74 Å². The first kappa shape index (κ1) is 13.9. The number of benzene rings is 1. The van der Waals surface area contributed by atoms with Gasteiger partial charge in [-0.3, -0.25) is 5.41 Å². The van der Waals surface area contributed by atoms with Gasteiger partial charge in [-0.2, -0.15) is 0 Å². The number of anilines is 1. The van der Waals surface area contributed by atoms with E-state index in [0.29, 0.717) is 12.5 Å². The fourth-order valence-corrected chi connectivity index (χ4v) is 2.44. The molecule has 0 amide bonds. The molecule has 0 bridgehead atoms. The number of nitrogens with one attached hydrogen (secondary N) is 1.